The summed E-state index contributed by atoms with van der Waals surface area (Å²) in [7, 11) is -3.42. The normalized spacial score (nSPS) is 15.4. The number of anilines is 2. The Morgan fingerprint density at radius 2 is 2.09 bits per heavy atom. The first kappa shape index (κ1) is 15.6. The van der Waals surface area contributed by atoms with Crippen LogP contribution in [0.5, 0.6) is 0 Å². The fraction of sp³-hybridized carbons (Fsp3) is 0.357. The Labute approximate surface area is 134 Å². The topological polar surface area (TPSA) is 97.3 Å². The highest BCUT2D eigenvalue weighted by molar-refractivity contribution is 7.92. The quantitative estimate of drug-likeness (QED) is 0.872. The standard InChI is InChI=1S/C14H16N5O3S/c1-23(20,21)18-13-12(3-2-4-15-13)11-9-16-14(17-10-11)19-5-7-22-8-6-19/h2-4,9H,5-8H2,1H3,(H,15,18). The van der Waals surface area contributed by atoms with Gasteiger partial charge in [0.15, 0.2) is 0 Å². The third kappa shape index (κ3) is 3.93. The number of hydrogen-bond donors (Lipinski definition) is 1. The predicted octanol–water partition coefficient (Wildman–Crippen LogP) is 0.547. The molecule has 0 spiro atoms. The van der Waals surface area contributed by atoms with Gasteiger partial charge in [-0.15, -0.1) is 0 Å². The minimum absolute atomic E-state index is 0.231. The average molecular weight is 334 g/mol. The number of ether oxygens (including phenoxy) is 1. The first-order valence-electron chi connectivity index (χ1n) is 7.03. The first-order chi connectivity index (χ1) is 11.0. The van der Waals surface area contributed by atoms with E-state index in [1.54, 1.807) is 18.3 Å². The number of nitrogens with zero attached hydrogens (tertiary/aromatic N) is 4. The summed E-state index contributed by atoms with van der Waals surface area (Å²) in [6.45, 7) is 2.77. The van der Waals surface area contributed by atoms with Gasteiger partial charge < -0.3 is 9.64 Å². The van der Waals surface area contributed by atoms with Gasteiger partial charge in [0.25, 0.3) is 0 Å². The van der Waals surface area contributed by atoms with E-state index in [1.807, 2.05) is 4.90 Å². The monoisotopic (exact) mass is 334 g/mol. The van der Waals surface area contributed by atoms with E-state index in [0.717, 1.165) is 19.3 Å². The van der Waals surface area contributed by atoms with Gasteiger partial charge in [0.05, 0.1) is 19.5 Å². The highest BCUT2D eigenvalue weighted by Gasteiger charge is 2.15. The van der Waals surface area contributed by atoms with Crippen molar-refractivity contribution in [1.29, 1.82) is 0 Å². The van der Waals surface area contributed by atoms with Gasteiger partial charge in [-0.05, 0) is 12.1 Å². The molecule has 8 nitrogen and oxygen atoms in total. The maximum absolute atomic E-state index is 11.4. The predicted molar refractivity (Wildman–Crippen MR) is 85.6 cm³/mol. The van der Waals surface area contributed by atoms with E-state index in [1.165, 1.54) is 6.20 Å². The smallest absolute Gasteiger partial charge is 0.230 e. The molecule has 23 heavy (non-hydrogen) atoms. The highest BCUT2D eigenvalue weighted by Crippen LogP contribution is 2.25. The van der Waals surface area contributed by atoms with Crippen LogP contribution in [0, 0.1) is 6.20 Å². The number of hydrogen-bond acceptors (Lipinski definition) is 7. The maximum atomic E-state index is 11.4. The summed E-state index contributed by atoms with van der Waals surface area (Å²) in [5, 5.41) is 0. The van der Waals surface area contributed by atoms with Crippen molar-refractivity contribution in [2.75, 3.05) is 42.2 Å². The summed E-state index contributed by atoms with van der Waals surface area (Å²) in [4.78, 5) is 14.7. The zero-order chi connectivity index (χ0) is 16.3. The van der Waals surface area contributed by atoms with Crippen LogP contribution < -0.4 is 9.62 Å². The molecule has 0 amide bonds. The molecule has 0 bridgehead atoms. The van der Waals surface area contributed by atoms with Crippen molar-refractivity contribution in [2.24, 2.45) is 0 Å². The molecule has 1 radical (unpaired) electrons. The third-order valence-corrected chi connectivity index (χ3v) is 3.82. The Kier molecular flexibility index (Phi) is 4.39. The van der Waals surface area contributed by atoms with Gasteiger partial charge in [-0.2, -0.15) is 0 Å². The molecule has 0 aliphatic carbocycles. The van der Waals surface area contributed by atoms with Crippen molar-refractivity contribution in [3.05, 3.63) is 30.7 Å². The van der Waals surface area contributed by atoms with Crippen LogP contribution >= 0.6 is 0 Å². The molecule has 3 rings (SSSR count). The molecule has 121 valence electrons. The molecule has 0 atom stereocenters. The molecule has 1 saturated heterocycles. The van der Waals surface area contributed by atoms with Crippen molar-refractivity contribution < 1.29 is 13.2 Å². The van der Waals surface area contributed by atoms with Gasteiger partial charge in [-0.3, -0.25) is 4.72 Å². The maximum Gasteiger partial charge on any atom is 0.230 e. The van der Waals surface area contributed by atoms with E-state index in [2.05, 4.69) is 25.9 Å². The van der Waals surface area contributed by atoms with Crippen molar-refractivity contribution in [1.82, 2.24) is 15.0 Å². The van der Waals surface area contributed by atoms with Gasteiger partial charge in [0, 0.05) is 36.6 Å². The summed E-state index contributed by atoms with van der Waals surface area (Å²) < 4.78 is 30.5. The lowest BCUT2D eigenvalue weighted by atomic mass is 10.1. The van der Waals surface area contributed by atoms with Crippen LogP contribution in [-0.4, -0.2) is 55.9 Å². The Hall–Kier alpha value is -2.26. The molecular formula is C14H16N5O3S. The Balaban J connectivity index is 1.87. The number of nitrogens with one attached hydrogen (secondary N) is 1. The number of rotatable bonds is 4. The highest BCUT2D eigenvalue weighted by atomic mass is 32.2. The first-order valence-corrected chi connectivity index (χ1v) is 8.93. The zero-order valence-electron chi connectivity index (χ0n) is 12.6. The lowest BCUT2D eigenvalue weighted by Crippen LogP contribution is -2.37. The Morgan fingerprint density at radius 1 is 1.30 bits per heavy atom. The van der Waals surface area contributed by atoms with E-state index in [4.69, 9.17) is 4.74 Å². The summed E-state index contributed by atoms with van der Waals surface area (Å²) in [6, 6.07) is 3.45. The molecule has 1 fully saturated rings. The average Bonchev–Trinajstić information content (AvgIpc) is 2.55. The lowest BCUT2D eigenvalue weighted by molar-refractivity contribution is 0.122. The molecule has 2 aromatic heterocycles. The lowest BCUT2D eigenvalue weighted by Gasteiger charge is -2.26. The minimum atomic E-state index is -3.42. The third-order valence-electron chi connectivity index (χ3n) is 3.26. The molecule has 0 unspecified atom stereocenters. The molecule has 1 aliphatic heterocycles. The Morgan fingerprint density at radius 3 is 2.74 bits per heavy atom. The summed E-state index contributed by atoms with van der Waals surface area (Å²) in [5.74, 6) is 0.813. The number of pyridine rings is 1. The van der Waals surface area contributed by atoms with Crippen LogP contribution in [-0.2, 0) is 14.8 Å². The fourth-order valence-corrected chi connectivity index (χ4v) is 2.73. The van der Waals surface area contributed by atoms with E-state index in [9.17, 15) is 8.42 Å². The van der Waals surface area contributed by atoms with Crippen LogP contribution in [0.3, 0.4) is 0 Å². The molecule has 9 heteroatoms. The van der Waals surface area contributed by atoms with Gasteiger partial charge in [-0.1, -0.05) is 0 Å². The Bertz CT molecular complexity index is 773. The molecule has 1 aliphatic rings. The summed E-state index contributed by atoms with van der Waals surface area (Å²) in [5.41, 5.74) is 1.15. The van der Waals surface area contributed by atoms with E-state index >= 15 is 0 Å². The zero-order valence-corrected chi connectivity index (χ0v) is 13.4. The number of sulfonamides is 1. The van der Waals surface area contributed by atoms with E-state index in [-0.39, 0.29) is 5.82 Å². The van der Waals surface area contributed by atoms with Crippen molar-refractivity contribution in [3.63, 3.8) is 0 Å². The van der Waals surface area contributed by atoms with Crippen LogP contribution in [0.15, 0.2) is 24.5 Å². The van der Waals surface area contributed by atoms with Gasteiger partial charge in [0.2, 0.25) is 16.0 Å². The molecular weight excluding hydrogens is 318 g/mol. The van der Waals surface area contributed by atoms with Crippen LogP contribution in [0.25, 0.3) is 11.1 Å². The number of morpholine rings is 1. The summed E-state index contributed by atoms with van der Waals surface area (Å²) in [6.07, 6.45) is 7.11. The van der Waals surface area contributed by atoms with E-state index in [0.29, 0.717) is 30.3 Å². The summed E-state index contributed by atoms with van der Waals surface area (Å²) >= 11 is 0. The molecule has 0 saturated carbocycles. The van der Waals surface area contributed by atoms with Gasteiger partial charge in [0.1, 0.15) is 12.0 Å². The number of aromatic nitrogens is 3. The molecule has 2 aromatic rings. The van der Waals surface area contributed by atoms with E-state index < -0.39 is 10.0 Å². The second-order valence-electron chi connectivity index (χ2n) is 5.07. The SMILES string of the molecule is CS(=O)(=O)Nc1ncccc1-c1[c]nc(N2CCOCC2)nc1. The molecule has 0 aromatic carbocycles. The van der Waals surface area contributed by atoms with Gasteiger partial charge in [-0.25, -0.2) is 23.4 Å². The van der Waals surface area contributed by atoms with Crippen LogP contribution in [0.2, 0.25) is 0 Å². The van der Waals surface area contributed by atoms with Gasteiger partial charge >= 0.3 is 0 Å². The largest absolute Gasteiger partial charge is 0.378 e. The van der Waals surface area contributed by atoms with Crippen LogP contribution in [0.4, 0.5) is 11.8 Å². The minimum Gasteiger partial charge on any atom is -0.378 e. The fourth-order valence-electron chi connectivity index (χ4n) is 2.22. The van der Waals surface area contributed by atoms with Crippen molar-refractivity contribution >= 4 is 21.8 Å². The molecule has 1 N–H and O–H groups in total. The van der Waals surface area contributed by atoms with Crippen molar-refractivity contribution in [3.8, 4) is 11.1 Å². The second kappa shape index (κ2) is 6.47. The van der Waals surface area contributed by atoms with Crippen molar-refractivity contribution in [2.45, 2.75) is 0 Å². The van der Waals surface area contributed by atoms with Crippen LogP contribution in [0.1, 0.15) is 0 Å². The molecule has 3 heterocycles. The second-order valence-corrected chi connectivity index (χ2v) is 6.82.